The van der Waals surface area contributed by atoms with Crippen LogP contribution in [-0.4, -0.2) is 14.3 Å². The Kier molecular flexibility index (Phi) is 6.71. The third-order valence-electron chi connectivity index (χ3n) is 4.64. The minimum atomic E-state index is -3.95. The van der Waals surface area contributed by atoms with E-state index in [4.69, 9.17) is 23.2 Å². The number of benzene rings is 3. The van der Waals surface area contributed by atoms with Gasteiger partial charge in [-0.3, -0.25) is 9.52 Å². The van der Waals surface area contributed by atoms with E-state index in [0.717, 1.165) is 22.4 Å². The third-order valence-corrected chi connectivity index (χ3v) is 6.97. The number of carbonyl (C=O) groups excluding carboxylic acids is 1. The zero-order valence-corrected chi connectivity index (χ0v) is 18.7. The van der Waals surface area contributed by atoms with Crippen molar-refractivity contribution in [2.45, 2.75) is 25.2 Å². The summed E-state index contributed by atoms with van der Waals surface area (Å²) in [5, 5.41) is 2.98. The molecule has 0 aliphatic rings. The third kappa shape index (κ3) is 5.14. The highest BCUT2D eigenvalue weighted by atomic mass is 35.5. The topological polar surface area (TPSA) is 75.3 Å². The van der Waals surface area contributed by atoms with Crippen LogP contribution in [0.1, 0.15) is 16.7 Å². The van der Waals surface area contributed by atoms with Crippen LogP contribution < -0.4 is 10.0 Å². The maximum absolute atomic E-state index is 12.6. The van der Waals surface area contributed by atoms with Crippen molar-refractivity contribution in [2.24, 2.45) is 0 Å². The number of nitrogens with one attached hydrogen (secondary N) is 2. The number of aryl methyl sites for hydroxylation is 1. The fraction of sp³-hybridized carbons (Fsp3) is 0.136. The van der Waals surface area contributed by atoms with E-state index >= 15 is 0 Å². The Morgan fingerprint density at radius 1 is 0.900 bits per heavy atom. The molecule has 0 aromatic heterocycles. The molecule has 5 nitrogen and oxygen atoms in total. The lowest BCUT2D eigenvalue weighted by atomic mass is 10.1. The first-order chi connectivity index (χ1) is 14.2. The second kappa shape index (κ2) is 9.08. The molecule has 0 saturated carbocycles. The SMILES string of the molecule is Cc1cccc(NC(=O)Cc2ccc(NS(=O)(=O)c3c(Cl)cccc3Cl)cc2)c1C. The summed E-state index contributed by atoms with van der Waals surface area (Å²) in [4.78, 5) is 12.2. The molecule has 0 fully saturated rings. The summed E-state index contributed by atoms with van der Waals surface area (Å²) < 4.78 is 27.7. The minimum Gasteiger partial charge on any atom is -0.326 e. The molecular weight excluding hydrogens is 443 g/mol. The predicted octanol–water partition coefficient (Wildman–Crippen LogP) is 5.59. The molecule has 0 spiro atoms. The molecule has 1 amide bonds. The number of hydrogen-bond donors (Lipinski definition) is 2. The van der Waals surface area contributed by atoms with E-state index < -0.39 is 10.0 Å². The highest BCUT2D eigenvalue weighted by Crippen LogP contribution is 2.30. The second-order valence-corrected chi connectivity index (χ2v) is 9.26. The number of anilines is 2. The van der Waals surface area contributed by atoms with Gasteiger partial charge in [0.05, 0.1) is 16.5 Å². The van der Waals surface area contributed by atoms with Crippen molar-refractivity contribution in [3.05, 3.63) is 87.4 Å². The first-order valence-electron chi connectivity index (χ1n) is 9.09. The zero-order valence-electron chi connectivity index (χ0n) is 16.4. The highest BCUT2D eigenvalue weighted by Gasteiger charge is 2.21. The maximum Gasteiger partial charge on any atom is 0.264 e. The van der Waals surface area contributed by atoms with Gasteiger partial charge >= 0.3 is 0 Å². The van der Waals surface area contributed by atoms with Gasteiger partial charge in [-0.1, -0.05) is 53.5 Å². The Hall–Kier alpha value is -2.54. The number of sulfonamides is 1. The van der Waals surface area contributed by atoms with Crippen LogP contribution in [-0.2, 0) is 21.2 Å². The normalized spacial score (nSPS) is 11.2. The van der Waals surface area contributed by atoms with Crippen molar-refractivity contribution in [1.29, 1.82) is 0 Å². The average molecular weight is 463 g/mol. The monoisotopic (exact) mass is 462 g/mol. The smallest absolute Gasteiger partial charge is 0.264 e. The first-order valence-corrected chi connectivity index (χ1v) is 11.3. The van der Waals surface area contributed by atoms with Gasteiger partial charge in [-0.2, -0.15) is 0 Å². The summed E-state index contributed by atoms with van der Waals surface area (Å²) in [6.07, 6.45) is 0.163. The quantitative estimate of drug-likeness (QED) is 0.500. The lowest BCUT2D eigenvalue weighted by molar-refractivity contribution is -0.115. The van der Waals surface area contributed by atoms with E-state index in [1.54, 1.807) is 30.3 Å². The summed E-state index contributed by atoms with van der Waals surface area (Å²) in [5.74, 6) is -0.153. The highest BCUT2D eigenvalue weighted by molar-refractivity contribution is 7.93. The summed E-state index contributed by atoms with van der Waals surface area (Å²) in [6.45, 7) is 3.94. The van der Waals surface area contributed by atoms with Crippen LogP contribution in [0.3, 0.4) is 0 Å². The van der Waals surface area contributed by atoms with E-state index in [-0.39, 0.29) is 27.3 Å². The molecule has 0 saturated heterocycles. The summed E-state index contributed by atoms with van der Waals surface area (Å²) in [5.41, 5.74) is 3.99. The molecule has 0 radical (unpaired) electrons. The van der Waals surface area contributed by atoms with Gasteiger partial charge in [-0.25, -0.2) is 8.42 Å². The van der Waals surface area contributed by atoms with Gasteiger partial charge < -0.3 is 5.32 Å². The van der Waals surface area contributed by atoms with Crippen LogP contribution in [0.5, 0.6) is 0 Å². The van der Waals surface area contributed by atoms with E-state index in [0.29, 0.717) is 5.69 Å². The van der Waals surface area contributed by atoms with Gasteiger partial charge in [0.15, 0.2) is 0 Å². The van der Waals surface area contributed by atoms with Crippen LogP contribution in [0, 0.1) is 13.8 Å². The van der Waals surface area contributed by atoms with E-state index in [9.17, 15) is 13.2 Å². The Labute approximate surface area is 186 Å². The minimum absolute atomic E-state index is 0.0368. The number of amides is 1. The Morgan fingerprint density at radius 3 is 2.13 bits per heavy atom. The van der Waals surface area contributed by atoms with E-state index in [1.165, 1.54) is 12.1 Å². The average Bonchev–Trinajstić information content (AvgIpc) is 2.66. The summed E-state index contributed by atoms with van der Waals surface area (Å²) in [7, 11) is -3.95. The lowest BCUT2D eigenvalue weighted by Crippen LogP contribution is -2.16. The fourth-order valence-electron chi connectivity index (χ4n) is 2.90. The fourth-order valence-corrected chi connectivity index (χ4v) is 5.11. The second-order valence-electron chi connectivity index (χ2n) is 6.83. The van der Waals surface area contributed by atoms with Crippen molar-refractivity contribution in [2.75, 3.05) is 10.0 Å². The Balaban J connectivity index is 1.69. The van der Waals surface area contributed by atoms with Crippen LogP contribution in [0.15, 0.2) is 65.6 Å². The van der Waals surface area contributed by atoms with Crippen molar-refractivity contribution in [3.8, 4) is 0 Å². The van der Waals surface area contributed by atoms with Crippen molar-refractivity contribution in [1.82, 2.24) is 0 Å². The molecule has 30 heavy (non-hydrogen) atoms. The molecule has 156 valence electrons. The number of rotatable bonds is 6. The largest absolute Gasteiger partial charge is 0.326 e. The standard InChI is InChI=1S/C22H20Cl2N2O3S/c1-14-5-3-8-20(15(14)2)25-21(27)13-16-9-11-17(12-10-16)26-30(28,29)22-18(23)6-4-7-19(22)24/h3-12,26H,13H2,1-2H3,(H,25,27). The predicted molar refractivity (Wildman–Crippen MR) is 122 cm³/mol. The van der Waals surface area contributed by atoms with E-state index in [2.05, 4.69) is 10.0 Å². The Bertz CT molecular complexity index is 1170. The maximum atomic E-state index is 12.6. The molecule has 0 heterocycles. The van der Waals surface area contributed by atoms with Gasteiger partial charge in [-0.05, 0) is 60.9 Å². The van der Waals surface area contributed by atoms with Crippen LogP contribution in [0.4, 0.5) is 11.4 Å². The molecule has 3 aromatic rings. The molecule has 0 unspecified atom stereocenters. The van der Waals surface area contributed by atoms with Crippen LogP contribution in [0.25, 0.3) is 0 Å². The molecule has 8 heteroatoms. The molecule has 3 rings (SSSR count). The zero-order chi connectivity index (χ0) is 21.9. The first kappa shape index (κ1) is 22.2. The number of hydrogen-bond acceptors (Lipinski definition) is 3. The molecular formula is C22H20Cl2N2O3S. The summed E-state index contributed by atoms with van der Waals surface area (Å²) in [6, 6.07) is 16.8. The Morgan fingerprint density at radius 2 is 1.50 bits per heavy atom. The van der Waals surface area contributed by atoms with Crippen LogP contribution >= 0.6 is 23.2 Å². The lowest BCUT2D eigenvalue weighted by Gasteiger charge is -2.12. The number of carbonyl (C=O) groups is 1. The molecule has 0 atom stereocenters. The van der Waals surface area contributed by atoms with Crippen LogP contribution in [0.2, 0.25) is 10.0 Å². The van der Waals surface area contributed by atoms with Gasteiger partial charge in [0.2, 0.25) is 5.91 Å². The van der Waals surface area contributed by atoms with Crippen molar-refractivity contribution >= 4 is 50.5 Å². The van der Waals surface area contributed by atoms with Gasteiger partial charge in [0.1, 0.15) is 4.90 Å². The molecule has 3 aromatic carbocycles. The van der Waals surface area contributed by atoms with E-state index in [1.807, 2.05) is 32.0 Å². The molecule has 0 aliphatic heterocycles. The van der Waals surface area contributed by atoms with Crippen molar-refractivity contribution < 1.29 is 13.2 Å². The van der Waals surface area contributed by atoms with Gasteiger partial charge in [0, 0.05) is 11.4 Å². The van der Waals surface area contributed by atoms with Gasteiger partial charge in [0.25, 0.3) is 10.0 Å². The molecule has 0 bridgehead atoms. The molecule has 2 N–H and O–H groups in total. The van der Waals surface area contributed by atoms with Gasteiger partial charge in [-0.15, -0.1) is 0 Å². The van der Waals surface area contributed by atoms with Crippen molar-refractivity contribution in [3.63, 3.8) is 0 Å². The molecule has 0 aliphatic carbocycles. The number of halogens is 2. The summed E-state index contributed by atoms with van der Waals surface area (Å²) >= 11 is 12.0.